The lowest BCUT2D eigenvalue weighted by atomic mass is 10.7. The summed E-state index contributed by atoms with van der Waals surface area (Å²) in [7, 11) is 0. The van der Waals surface area contributed by atoms with E-state index < -0.39 is 0 Å². The van der Waals surface area contributed by atoms with Crippen molar-refractivity contribution in [3.05, 3.63) is 12.7 Å². The quantitative estimate of drug-likeness (QED) is 0.475. The summed E-state index contributed by atoms with van der Waals surface area (Å²) in [4.78, 5) is 8.28. The second-order valence-corrected chi connectivity index (χ2v) is 1.86. The average Bonchev–Trinajstić information content (AvgIpc) is 2.41. The lowest BCUT2D eigenvalue weighted by molar-refractivity contribution is 0.136. The van der Waals surface area contributed by atoms with E-state index in [9.17, 15) is 0 Å². The van der Waals surface area contributed by atoms with Crippen LogP contribution in [-0.4, -0.2) is 24.5 Å². The number of hydrogen-bond acceptors (Lipinski definition) is 4. The normalized spacial score (nSPS) is 10.8. The number of anilines is 1. The zero-order valence-corrected chi connectivity index (χ0v) is 4.97. The monoisotopic (exact) mass is 139 g/mol. The van der Waals surface area contributed by atoms with E-state index in [1.807, 2.05) is 0 Å². The standard InChI is InChI=1S/C4H5N5O/c5-3-4-7-2-9(10)8(4)1-6-3/h1-2,10H,5H2. The van der Waals surface area contributed by atoms with Crippen molar-refractivity contribution in [3.8, 4) is 0 Å². The molecule has 0 aromatic carbocycles. The second-order valence-electron chi connectivity index (χ2n) is 1.86. The summed E-state index contributed by atoms with van der Waals surface area (Å²) in [5.74, 6) is 0.313. The van der Waals surface area contributed by atoms with Gasteiger partial charge in [0.2, 0.25) is 5.65 Å². The van der Waals surface area contributed by atoms with E-state index in [-0.39, 0.29) is 0 Å². The van der Waals surface area contributed by atoms with Crippen molar-refractivity contribution in [2.24, 2.45) is 0 Å². The summed E-state index contributed by atoms with van der Waals surface area (Å²) in [6.45, 7) is 0. The van der Waals surface area contributed by atoms with Gasteiger partial charge in [-0.3, -0.25) is 0 Å². The first kappa shape index (κ1) is 5.10. The molecule has 0 radical (unpaired) electrons. The molecule has 0 unspecified atom stereocenters. The molecule has 52 valence electrons. The van der Waals surface area contributed by atoms with E-state index >= 15 is 0 Å². The van der Waals surface area contributed by atoms with Crippen molar-refractivity contribution >= 4 is 11.5 Å². The summed E-state index contributed by atoms with van der Waals surface area (Å²) in [5, 5.41) is 8.95. The molecule has 0 fully saturated rings. The molecule has 0 aliphatic heterocycles. The molecule has 2 aromatic rings. The van der Waals surface area contributed by atoms with Gasteiger partial charge in [-0.05, 0) is 0 Å². The summed E-state index contributed by atoms with van der Waals surface area (Å²) >= 11 is 0. The smallest absolute Gasteiger partial charge is 0.200 e. The molecule has 0 amide bonds. The fraction of sp³-hybridized carbons (Fsp3) is 0. The van der Waals surface area contributed by atoms with Crippen molar-refractivity contribution in [1.82, 2.24) is 19.3 Å². The average molecular weight is 139 g/mol. The minimum atomic E-state index is 0.313. The first-order valence-electron chi connectivity index (χ1n) is 2.64. The van der Waals surface area contributed by atoms with Crippen LogP contribution in [0.25, 0.3) is 5.65 Å². The fourth-order valence-electron chi connectivity index (χ4n) is 0.784. The Morgan fingerprint density at radius 2 is 2.20 bits per heavy atom. The molecular formula is C4H5N5O. The maximum Gasteiger partial charge on any atom is 0.200 e. The zero-order chi connectivity index (χ0) is 7.14. The van der Waals surface area contributed by atoms with Crippen LogP contribution in [0, 0.1) is 0 Å². The molecule has 0 saturated carbocycles. The van der Waals surface area contributed by atoms with E-state index in [2.05, 4.69) is 9.97 Å². The van der Waals surface area contributed by atoms with Gasteiger partial charge in [-0.15, -0.1) is 4.85 Å². The molecular weight excluding hydrogens is 134 g/mol. The Kier molecular flexibility index (Phi) is 0.717. The first-order chi connectivity index (χ1) is 4.79. The lowest BCUT2D eigenvalue weighted by Gasteiger charge is -1.86. The van der Waals surface area contributed by atoms with Crippen LogP contribution in [0.15, 0.2) is 12.7 Å². The van der Waals surface area contributed by atoms with Crippen molar-refractivity contribution in [2.75, 3.05) is 5.73 Å². The van der Waals surface area contributed by atoms with Gasteiger partial charge in [-0.25, -0.2) is 9.97 Å². The van der Waals surface area contributed by atoms with Crippen LogP contribution in [0.1, 0.15) is 0 Å². The Bertz CT molecular complexity index is 324. The van der Waals surface area contributed by atoms with Gasteiger partial charge in [0, 0.05) is 0 Å². The number of fused-ring (bicyclic) bond motifs is 1. The zero-order valence-electron chi connectivity index (χ0n) is 4.97. The summed E-state index contributed by atoms with van der Waals surface area (Å²) in [6, 6.07) is 0. The van der Waals surface area contributed by atoms with Gasteiger partial charge < -0.3 is 10.9 Å². The maximum atomic E-state index is 8.95. The predicted molar refractivity (Wildman–Crippen MR) is 32.6 cm³/mol. The summed E-state index contributed by atoms with van der Waals surface area (Å²) in [5.41, 5.74) is 5.83. The molecule has 3 N–H and O–H groups in total. The molecule has 0 bridgehead atoms. The third-order valence-electron chi connectivity index (χ3n) is 1.26. The summed E-state index contributed by atoms with van der Waals surface area (Å²) < 4.78 is 1.33. The van der Waals surface area contributed by atoms with Crippen LogP contribution in [0.5, 0.6) is 0 Å². The van der Waals surface area contributed by atoms with E-state index in [4.69, 9.17) is 10.9 Å². The highest BCUT2D eigenvalue weighted by atomic mass is 16.5. The Morgan fingerprint density at radius 3 is 2.90 bits per heavy atom. The molecule has 2 rings (SSSR count). The Hall–Kier alpha value is -1.72. The van der Waals surface area contributed by atoms with Crippen LogP contribution in [0.3, 0.4) is 0 Å². The van der Waals surface area contributed by atoms with Gasteiger partial charge in [-0.2, -0.15) is 4.52 Å². The topological polar surface area (TPSA) is 81.4 Å². The number of nitrogens with two attached hydrogens (primary N) is 1. The molecule has 6 nitrogen and oxygen atoms in total. The van der Waals surface area contributed by atoms with Gasteiger partial charge in [0.05, 0.1) is 0 Å². The number of hydrogen-bond donors (Lipinski definition) is 2. The van der Waals surface area contributed by atoms with Gasteiger partial charge in [0.25, 0.3) is 0 Å². The highest BCUT2D eigenvalue weighted by molar-refractivity contribution is 5.58. The Balaban J connectivity index is 2.95. The summed E-state index contributed by atoms with van der Waals surface area (Å²) in [6.07, 6.45) is 2.63. The molecule has 6 heteroatoms. The predicted octanol–water partition coefficient (Wildman–Crippen LogP) is -0.650. The fourth-order valence-corrected chi connectivity index (χ4v) is 0.784. The van der Waals surface area contributed by atoms with E-state index in [0.29, 0.717) is 11.5 Å². The van der Waals surface area contributed by atoms with E-state index in [1.165, 1.54) is 17.2 Å². The number of nitrogen functional groups attached to an aromatic ring is 1. The van der Waals surface area contributed by atoms with Gasteiger partial charge in [-0.1, -0.05) is 0 Å². The number of aromatic nitrogens is 4. The molecule has 2 aromatic heterocycles. The van der Waals surface area contributed by atoms with Gasteiger partial charge in [0.1, 0.15) is 6.33 Å². The van der Waals surface area contributed by atoms with Crippen molar-refractivity contribution in [1.29, 1.82) is 0 Å². The number of nitrogens with zero attached hydrogens (tertiary/aromatic N) is 4. The molecule has 0 spiro atoms. The molecule has 0 aliphatic rings. The van der Waals surface area contributed by atoms with E-state index in [1.54, 1.807) is 0 Å². The number of rotatable bonds is 0. The van der Waals surface area contributed by atoms with Crippen molar-refractivity contribution < 1.29 is 5.21 Å². The largest absolute Gasteiger partial charge is 0.411 e. The maximum absolute atomic E-state index is 8.95. The number of imidazole rings is 1. The van der Waals surface area contributed by atoms with Gasteiger partial charge in [0.15, 0.2) is 12.1 Å². The highest BCUT2D eigenvalue weighted by Gasteiger charge is 2.03. The highest BCUT2D eigenvalue weighted by Crippen LogP contribution is 2.05. The minimum absolute atomic E-state index is 0.313. The Morgan fingerprint density at radius 1 is 1.40 bits per heavy atom. The molecule has 0 aliphatic carbocycles. The van der Waals surface area contributed by atoms with Gasteiger partial charge >= 0.3 is 0 Å². The van der Waals surface area contributed by atoms with E-state index in [0.717, 1.165) is 4.85 Å². The van der Waals surface area contributed by atoms with Crippen LogP contribution in [-0.2, 0) is 0 Å². The minimum Gasteiger partial charge on any atom is -0.411 e. The third kappa shape index (κ3) is 0.426. The van der Waals surface area contributed by atoms with Crippen molar-refractivity contribution in [3.63, 3.8) is 0 Å². The Labute approximate surface area is 55.5 Å². The van der Waals surface area contributed by atoms with Crippen LogP contribution in [0.4, 0.5) is 5.82 Å². The third-order valence-corrected chi connectivity index (χ3v) is 1.26. The first-order valence-corrected chi connectivity index (χ1v) is 2.64. The van der Waals surface area contributed by atoms with Crippen LogP contribution >= 0.6 is 0 Å². The molecule has 0 saturated heterocycles. The molecule has 10 heavy (non-hydrogen) atoms. The second kappa shape index (κ2) is 1.41. The van der Waals surface area contributed by atoms with Crippen molar-refractivity contribution in [2.45, 2.75) is 0 Å². The lowest BCUT2D eigenvalue weighted by Crippen LogP contribution is -1.96. The molecule has 0 atom stereocenters. The van der Waals surface area contributed by atoms with Crippen LogP contribution in [0.2, 0.25) is 0 Å². The van der Waals surface area contributed by atoms with Crippen LogP contribution < -0.4 is 5.73 Å². The SMILES string of the molecule is Nc1ncn2c1ncn2O. The molecule has 2 heterocycles.